The van der Waals surface area contributed by atoms with Crippen LogP contribution >= 0.6 is 0 Å². The number of hydrogen-bond acceptors (Lipinski definition) is 6. The third-order valence-electron chi connectivity index (χ3n) is 8.79. The van der Waals surface area contributed by atoms with Crippen LogP contribution in [0.15, 0.2) is 12.1 Å². The molecule has 0 unspecified atom stereocenters. The normalized spacial score (nSPS) is 19.7. The van der Waals surface area contributed by atoms with Crippen LogP contribution < -0.4 is 19.4 Å². The van der Waals surface area contributed by atoms with Crippen LogP contribution in [-0.2, 0) is 25.7 Å². The largest absolute Gasteiger partial charge is 0.452 e. The molecular formula is C29H37N3O3. The topological polar surface area (TPSA) is 59.4 Å². The Morgan fingerprint density at radius 1 is 0.714 bits per heavy atom. The minimum Gasteiger partial charge on any atom is -0.452 e. The first-order chi connectivity index (χ1) is 17.2. The number of ether oxygens (including phenoxy) is 1. The molecule has 0 bridgehead atoms. The molecule has 35 heavy (non-hydrogen) atoms. The number of nitrogens with zero attached hydrogens (tertiary/aromatic N) is 3. The Kier molecular flexibility index (Phi) is 5.36. The van der Waals surface area contributed by atoms with Gasteiger partial charge in [0.25, 0.3) is 0 Å². The van der Waals surface area contributed by atoms with Gasteiger partial charge in [-0.2, -0.15) is 0 Å². The lowest BCUT2D eigenvalue weighted by molar-refractivity contribution is -0.0464. The summed E-state index contributed by atoms with van der Waals surface area (Å²) in [6.07, 6.45) is 10.3. The van der Waals surface area contributed by atoms with Gasteiger partial charge in [0, 0.05) is 55.2 Å². The van der Waals surface area contributed by atoms with Crippen LogP contribution in [0.2, 0.25) is 0 Å². The highest BCUT2D eigenvalue weighted by Gasteiger charge is 2.37. The highest BCUT2D eigenvalue weighted by atomic mass is 16.5. The zero-order chi connectivity index (χ0) is 23.5. The lowest BCUT2D eigenvalue weighted by Crippen LogP contribution is -2.37. The molecule has 0 fully saturated rings. The van der Waals surface area contributed by atoms with Gasteiger partial charge in [-0.1, -0.05) is 0 Å². The number of anilines is 4. The number of fused-ring (bicyclic) bond motifs is 4. The summed E-state index contributed by atoms with van der Waals surface area (Å²) in [7, 11) is 0. The van der Waals surface area contributed by atoms with E-state index in [2.05, 4.69) is 26.8 Å². The van der Waals surface area contributed by atoms with Gasteiger partial charge in [0.1, 0.15) is 0 Å². The lowest BCUT2D eigenvalue weighted by atomic mass is 9.87. The van der Waals surface area contributed by atoms with E-state index in [1.54, 1.807) is 0 Å². The molecule has 5 aliphatic rings. The van der Waals surface area contributed by atoms with Crippen LogP contribution in [0.5, 0.6) is 11.5 Å². The van der Waals surface area contributed by atoms with E-state index in [0.717, 1.165) is 82.7 Å². The Bertz CT molecular complexity index is 1080. The molecule has 186 valence electrons. The van der Waals surface area contributed by atoms with Crippen molar-refractivity contribution >= 4 is 22.7 Å². The van der Waals surface area contributed by atoms with Gasteiger partial charge in [0.15, 0.2) is 17.8 Å². The number of aryl methyl sites for hydroxylation is 2. The Balaban J connectivity index is 1.38. The van der Waals surface area contributed by atoms with E-state index < -0.39 is 6.29 Å². The molecule has 6 nitrogen and oxygen atoms in total. The zero-order valence-electron chi connectivity index (χ0n) is 20.7. The molecule has 0 saturated heterocycles. The molecule has 0 aliphatic carbocycles. The van der Waals surface area contributed by atoms with Gasteiger partial charge in [-0.05, 0) is 93.9 Å². The van der Waals surface area contributed by atoms with E-state index in [4.69, 9.17) is 4.74 Å². The monoisotopic (exact) mass is 475 g/mol. The Morgan fingerprint density at radius 2 is 1.23 bits per heavy atom. The number of hydrogen-bond donors (Lipinski definition) is 2. The maximum absolute atomic E-state index is 9.38. The van der Waals surface area contributed by atoms with E-state index in [9.17, 15) is 10.2 Å². The second-order valence-electron chi connectivity index (χ2n) is 11.0. The summed E-state index contributed by atoms with van der Waals surface area (Å²) in [5, 5.41) is 18.8. The van der Waals surface area contributed by atoms with E-state index in [0.29, 0.717) is 6.42 Å². The minimum atomic E-state index is -1.22. The summed E-state index contributed by atoms with van der Waals surface area (Å²) in [6.45, 7) is 5.53. The fourth-order valence-electron chi connectivity index (χ4n) is 7.33. The third kappa shape index (κ3) is 3.52. The second kappa shape index (κ2) is 8.59. The zero-order valence-corrected chi connectivity index (χ0v) is 20.7. The molecule has 2 aromatic rings. The summed E-state index contributed by atoms with van der Waals surface area (Å²) in [4.78, 5) is 7.72. The highest BCUT2D eigenvalue weighted by Crippen LogP contribution is 2.57. The van der Waals surface area contributed by atoms with Gasteiger partial charge >= 0.3 is 0 Å². The van der Waals surface area contributed by atoms with Crippen molar-refractivity contribution in [3.63, 3.8) is 0 Å². The molecule has 0 spiro atoms. The maximum atomic E-state index is 9.38. The molecule has 5 aliphatic heterocycles. The van der Waals surface area contributed by atoms with E-state index in [1.165, 1.54) is 70.7 Å². The summed E-state index contributed by atoms with van der Waals surface area (Å²) < 4.78 is 7.02. The molecule has 0 atom stereocenters. The highest BCUT2D eigenvalue weighted by molar-refractivity contribution is 5.88. The molecule has 0 saturated carbocycles. The standard InChI is InChI=1S/C29H37N3O3/c33-25(34)11-1-2-16-32-23-17-19-7-3-12-30-14-5-9-21(26(19)30)28(23)35-29-22-10-6-15-31-13-4-8-20(27(22)31)18-24(29)32/h17-18,25,33-34H,1-16H2. The average molecular weight is 476 g/mol. The van der Waals surface area contributed by atoms with Crippen LogP contribution in [0.4, 0.5) is 22.7 Å². The first-order valence-corrected chi connectivity index (χ1v) is 13.9. The summed E-state index contributed by atoms with van der Waals surface area (Å²) in [5.41, 5.74) is 11.2. The molecule has 6 heteroatoms. The van der Waals surface area contributed by atoms with E-state index >= 15 is 0 Å². The number of aliphatic hydroxyl groups is 2. The van der Waals surface area contributed by atoms with Gasteiger partial charge in [-0.25, -0.2) is 0 Å². The Labute approximate surface area is 208 Å². The van der Waals surface area contributed by atoms with Gasteiger partial charge in [0.2, 0.25) is 0 Å². The summed E-state index contributed by atoms with van der Waals surface area (Å²) in [6, 6.07) is 4.85. The predicted molar refractivity (Wildman–Crippen MR) is 140 cm³/mol. The number of benzene rings is 2. The average Bonchev–Trinajstić information content (AvgIpc) is 2.87. The molecule has 0 aromatic heterocycles. The van der Waals surface area contributed by atoms with Crippen LogP contribution in [-0.4, -0.2) is 49.2 Å². The quantitative estimate of drug-likeness (QED) is 0.478. The van der Waals surface area contributed by atoms with Crippen molar-refractivity contribution in [1.29, 1.82) is 0 Å². The second-order valence-corrected chi connectivity index (χ2v) is 11.0. The van der Waals surface area contributed by atoms with Crippen LogP contribution in [0.25, 0.3) is 0 Å². The van der Waals surface area contributed by atoms with Crippen LogP contribution in [0, 0.1) is 0 Å². The van der Waals surface area contributed by atoms with Crippen molar-refractivity contribution in [3.8, 4) is 11.5 Å². The van der Waals surface area contributed by atoms with Crippen LogP contribution in [0.1, 0.15) is 67.2 Å². The molecule has 2 N–H and O–H groups in total. The van der Waals surface area contributed by atoms with E-state index in [1.807, 2.05) is 0 Å². The first-order valence-electron chi connectivity index (χ1n) is 13.9. The first kappa shape index (κ1) is 21.8. The van der Waals surface area contributed by atoms with Gasteiger partial charge in [0.05, 0.1) is 11.4 Å². The molecule has 7 rings (SSSR count). The molecule has 0 radical (unpaired) electrons. The molecule has 0 amide bonds. The van der Waals surface area contributed by atoms with Crippen molar-refractivity contribution in [2.45, 2.75) is 76.9 Å². The van der Waals surface area contributed by atoms with Crippen molar-refractivity contribution in [2.75, 3.05) is 47.4 Å². The Morgan fingerprint density at radius 3 is 1.74 bits per heavy atom. The number of aliphatic hydroxyl groups excluding tert-OH is 1. The summed E-state index contributed by atoms with van der Waals surface area (Å²) in [5.74, 6) is 2.18. The minimum absolute atomic E-state index is 0.429. The third-order valence-corrected chi connectivity index (χ3v) is 8.79. The maximum Gasteiger partial charge on any atom is 0.156 e. The lowest BCUT2D eigenvalue weighted by Gasteiger charge is -2.44. The number of unbranched alkanes of at least 4 members (excludes halogenated alkanes) is 1. The van der Waals surface area contributed by atoms with Crippen molar-refractivity contribution in [1.82, 2.24) is 0 Å². The molecule has 5 heterocycles. The summed E-state index contributed by atoms with van der Waals surface area (Å²) >= 11 is 0. The van der Waals surface area contributed by atoms with E-state index in [-0.39, 0.29) is 0 Å². The van der Waals surface area contributed by atoms with Crippen molar-refractivity contribution < 1.29 is 14.9 Å². The predicted octanol–water partition coefficient (Wildman–Crippen LogP) is 4.81. The smallest absolute Gasteiger partial charge is 0.156 e. The Hall–Kier alpha value is -2.44. The SMILES string of the molecule is OC(O)CCCCN1c2cc3c4c(c2Oc2c1cc1c5c2CCCN5CCC1)CCCN4CCC3. The molecule has 2 aromatic carbocycles. The van der Waals surface area contributed by atoms with Gasteiger partial charge in [-0.15, -0.1) is 0 Å². The number of rotatable bonds is 5. The van der Waals surface area contributed by atoms with Crippen molar-refractivity contribution in [3.05, 3.63) is 34.4 Å². The fraction of sp³-hybridized carbons (Fsp3) is 0.586. The molecular weight excluding hydrogens is 438 g/mol. The van der Waals surface area contributed by atoms with Gasteiger partial charge in [-0.3, -0.25) is 0 Å². The van der Waals surface area contributed by atoms with Gasteiger partial charge < -0.3 is 29.6 Å². The fourth-order valence-corrected chi connectivity index (χ4v) is 7.33. The van der Waals surface area contributed by atoms with Crippen molar-refractivity contribution in [2.24, 2.45) is 0 Å². The van der Waals surface area contributed by atoms with Crippen LogP contribution in [0.3, 0.4) is 0 Å².